The highest BCUT2D eigenvalue weighted by Crippen LogP contribution is 2.67. The highest BCUT2D eigenvalue weighted by atomic mass is 32.1. The number of nitrogens with zero attached hydrogens (tertiary/aromatic N) is 3. The molecular formula is C22H33N4O4PS. The lowest BCUT2D eigenvalue weighted by atomic mass is 9.93. The number of hydrogen-bond donors (Lipinski definition) is 1. The van der Waals surface area contributed by atoms with Crippen LogP contribution >= 0.6 is 20.7 Å². The molecular weight excluding hydrogens is 447 g/mol. The maximum atomic E-state index is 12.0. The Morgan fingerprint density at radius 1 is 1.47 bits per heavy atom. The third-order valence-electron chi connectivity index (χ3n) is 6.43. The fraction of sp³-hybridized carbons (Fsp3) is 0.773. The van der Waals surface area contributed by atoms with Crippen molar-refractivity contribution in [3.8, 4) is 0 Å². The second-order valence-electron chi connectivity index (χ2n) is 9.51. The lowest BCUT2D eigenvalue weighted by Gasteiger charge is -2.41. The number of fused-ring (bicyclic) bond motifs is 3. The summed E-state index contributed by atoms with van der Waals surface area (Å²) < 4.78 is 32.8. The molecule has 4 rings (SSSR count). The summed E-state index contributed by atoms with van der Waals surface area (Å²) in [5, 5.41) is 0. The second-order valence-corrected chi connectivity index (χ2v) is 11.3. The SMILES string of the molecule is [2H][C@]12C[C@H]1C[C@]1(OP(OCC[N+]#[C-])N(C(C)C)C(C)C)C[C@H](n3cc(C)c(=O)[nH]c3=S)O[C@@H]12. The molecule has 32 heavy (non-hydrogen) atoms. The van der Waals surface area contributed by atoms with Crippen molar-refractivity contribution in [2.24, 2.45) is 11.8 Å². The monoisotopic (exact) mass is 481 g/mol. The van der Waals surface area contributed by atoms with Gasteiger partial charge in [0.2, 0.25) is 6.54 Å². The summed E-state index contributed by atoms with van der Waals surface area (Å²) in [6.45, 7) is 17.9. The predicted molar refractivity (Wildman–Crippen MR) is 126 cm³/mol. The molecule has 0 bridgehead atoms. The molecule has 10 heteroatoms. The highest BCUT2D eigenvalue weighted by Gasteiger charge is 2.68. The van der Waals surface area contributed by atoms with Crippen molar-refractivity contribution in [1.29, 1.82) is 0 Å². The molecule has 0 spiro atoms. The minimum absolute atomic E-state index is 0.188. The molecule has 8 nitrogen and oxygen atoms in total. The Hall–Kier alpha value is -1.14. The molecule has 6 atom stereocenters. The van der Waals surface area contributed by atoms with E-state index >= 15 is 0 Å². The minimum Gasteiger partial charge on any atom is -0.351 e. The summed E-state index contributed by atoms with van der Waals surface area (Å²) in [7, 11) is -1.46. The van der Waals surface area contributed by atoms with Gasteiger partial charge in [-0.15, -0.1) is 0 Å². The molecule has 176 valence electrons. The number of nitrogens with one attached hydrogen (secondary N) is 1. The van der Waals surface area contributed by atoms with Gasteiger partial charge < -0.3 is 18.6 Å². The van der Waals surface area contributed by atoms with Crippen molar-refractivity contribution in [1.82, 2.24) is 14.2 Å². The van der Waals surface area contributed by atoms with E-state index in [-0.39, 0.29) is 30.1 Å². The number of H-pyrrole nitrogens is 1. The van der Waals surface area contributed by atoms with E-state index in [9.17, 15) is 4.79 Å². The third-order valence-corrected chi connectivity index (χ3v) is 8.97. The number of rotatable bonds is 9. The van der Waals surface area contributed by atoms with Gasteiger partial charge in [0.05, 0.1) is 6.10 Å². The first-order valence-electron chi connectivity index (χ1n) is 11.7. The second kappa shape index (κ2) is 9.25. The summed E-state index contributed by atoms with van der Waals surface area (Å²) in [6.07, 6.45) is 2.98. The van der Waals surface area contributed by atoms with Crippen molar-refractivity contribution in [2.75, 3.05) is 13.2 Å². The summed E-state index contributed by atoms with van der Waals surface area (Å²) in [5.41, 5.74) is -0.319. The number of aromatic nitrogens is 2. The van der Waals surface area contributed by atoms with Crippen molar-refractivity contribution in [2.45, 2.75) is 83.9 Å². The smallest absolute Gasteiger partial charge is 0.260 e. The Balaban J connectivity index is 1.66. The molecule has 1 N–H and O–H groups in total. The van der Waals surface area contributed by atoms with E-state index in [0.717, 1.165) is 12.8 Å². The Kier molecular flexibility index (Phi) is 6.54. The zero-order chi connectivity index (χ0) is 24.1. The molecule has 3 aliphatic rings. The van der Waals surface area contributed by atoms with E-state index < -0.39 is 32.4 Å². The van der Waals surface area contributed by atoms with Gasteiger partial charge in [0, 0.05) is 31.6 Å². The Bertz CT molecular complexity index is 1050. The van der Waals surface area contributed by atoms with Gasteiger partial charge in [-0.2, -0.15) is 0 Å². The molecule has 2 aliphatic carbocycles. The minimum atomic E-state index is -1.46. The first kappa shape index (κ1) is 22.6. The van der Waals surface area contributed by atoms with E-state index in [4.69, 9.17) is 33.9 Å². The molecule has 1 aliphatic heterocycles. The van der Waals surface area contributed by atoms with Crippen LogP contribution < -0.4 is 5.56 Å². The normalized spacial score (nSPS) is 34.5. The lowest BCUT2D eigenvalue weighted by molar-refractivity contribution is -0.0496. The quantitative estimate of drug-likeness (QED) is 0.241. The summed E-state index contributed by atoms with van der Waals surface area (Å²) in [6, 6.07) is 0.377. The molecule has 2 saturated carbocycles. The van der Waals surface area contributed by atoms with Crippen LogP contribution in [0.5, 0.6) is 0 Å². The van der Waals surface area contributed by atoms with E-state index in [0.29, 0.717) is 23.4 Å². The molecule has 3 fully saturated rings. The molecule has 0 amide bonds. The van der Waals surface area contributed by atoms with Gasteiger partial charge in [0.15, 0.2) is 4.77 Å². The highest BCUT2D eigenvalue weighted by molar-refractivity contribution is 7.71. The van der Waals surface area contributed by atoms with Crippen molar-refractivity contribution in [3.05, 3.63) is 38.3 Å². The Labute approximate surface area is 197 Å². The fourth-order valence-electron chi connectivity index (χ4n) is 5.03. The molecule has 1 aromatic heterocycles. The summed E-state index contributed by atoms with van der Waals surface area (Å²) >= 11 is 5.42. The first-order chi connectivity index (χ1) is 15.5. The van der Waals surface area contributed by atoms with Crippen molar-refractivity contribution in [3.63, 3.8) is 0 Å². The van der Waals surface area contributed by atoms with Gasteiger partial charge in [0.1, 0.15) is 18.4 Å². The molecule has 1 aromatic rings. The van der Waals surface area contributed by atoms with Gasteiger partial charge in [-0.05, 0) is 71.5 Å². The molecule has 1 saturated heterocycles. The van der Waals surface area contributed by atoms with Crippen LogP contribution in [0.1, 0.15) is 60.1 Å². The van der Waals surface area contributed by atoms with Crippen molar-refractivity contribution >= 4 is 20.7 Å². The largest absolute Gasteiger partial charge is 0.351 e. The van der Waals surface area contributed by atoms with Gasteiger partial charge >= 0.3 is 0 Å². The van der Waals surface area contributed by atoms with E-state index in [1.54, 1.807) is 17.7 Å². The molecule has 2 heterocycles. The van der Waals surface area contributed by atoms with Crippen LogP contribution in [0.25, 0.3) is 4.85 Å². The fourth-order valence-corrected chi connectivity index (χ4v) is 7.13. The summed E-state index contributed by atoms with van der Waals surface area (Å²) in [5.74, 6) is -0.410. The average Bonchev–Trinajstić information content (AvgIpc) is 3.10. The standard InChI is InChI=1S/C22H33N4O4PS/c1-13(2)26(14(3)4)31(28-8-7-23-6)30-22-10-16-9-17(16)19(22)29-18(11-22)25-12-15(5)20(27)24-21(25)32/h12-14,16-19H,7-11H2,1-5H3,(H,24,27,32)/t16-,17-,18+,19+,22-,31?/m0/s1/i17D. The number of hydrogen-bond acceptors (Lipinski definition) is 6. The van der Waals surface area contributed by atoms with Gasteiger partial charge in [-0.25, -0.2) is 11.2 Å². The number of ether oxygens (including phenoxy) is 1. The maximum absolute atomic E-state index is 12.0. The molecule has 0 radical (unpaired) electrons. The lowest BCUT2D eigenvalue weighted by Crippen LogP contribution is -2.42. The summed E-state index contributed by atoms with van der Waals surface area (Å²) in [4.78, 5) is 18.1. The zero-order valence-corrected chi connectivity index (χ0v) is 21.0. The number of aromatic amines is 1. The molecule has 0 aromatic carbocycles. The van der Waals surface area contributed by atoms with E-state index in [1.807, 2.05) is 0 Å². The van der Waals surface area contributed by atoms with Crippen LogP contribution in [0.2, 0.25) is 0 Å². The number of aryl methyl sites for hydroxylation is 1. The molecule has 1 unspecified atom stereocenters. The zero-order valence-electron chi connectivity index (χ0n) is 20.3. The van der Waals surface area contributed by atoms with Gasteiger partial charge in [-0.3, -0.25) is 14.3 Å². The topological polar surface area (TPSA) is 73.1 Å². The van der Waals surface area contributed by atoms with Gasteiger partial charge in [-0.1, -0.05) is 0 Å². The Morgan fingerprint density at radius 2 is 2.19 bits per heavy atom. The van der Waals surface area contributed by atoms with Crippen LogP contribution in [0.3, 0.4) is 0 Å². The average molecular weight is 482 g/mol. The predicted octanol–water partition coefficient (Wildman–Crippen LogP) is 4.58. The van der Waals surface area contributed by atoms with Gasteiger partial charge in [0.25, 0.3) is 14.1 Å². The first-order valence-corrected chi connectivity index (χ1v) is 12.8. The van der Waals surface area contributed by atoms with Crippen LogP contribution in [-0.4, -0.2) is 51.2 Å². The van der Waals surface area contributed by atoms with Crippen molar-refractivity contribution < 1.29 is 15.2 Å². The van der Waals surface area contributed by atoms with E-state index in [1.165, 1.54) is 0 Å². The van der Waals surface area contributed by atoms with Crippen LogP contribution in [0.4, 0.5) is 0 Å². The van der Waals surface area contributed by atoms with E-state index in [2.05, 4.69) is 42.2 Å². The van der Waals surface area contributed by atoms with Crippen LogP contribution in [0.15, 0.2) is 11.0 Å². The van der Waals surface area contributed by atoms with Crippen LogP contribution in [0, 0.1) is 30.1 Å². The Morgan fingerprint density at radius 3 is 2.84 bits per heavy atom. The maximum Gasteiger partial charge on any atom is 0.260 e. The third kappa shape index (κ3) is 4.46. The van der Waals surface area contributed by atoms with Crippen LogP contribution in [-0.2, 0) is 13.8 Å².